The van der Waals surface area contributed by atoms with Gasteiger partial charge in [-0.1, -0.05) is 61.4 Å². The van der Waals surface area contributed by atoms with E-state index < -0.39 is 5.60 Å². The van der Waals surface area contributed by atoms with Gasteiger partial charge < -0.3 is 15.0 Å². The van der Waals surface area contributed by atoms with Crippen LogP contribution in [0.4, 0.5) is 0 Å². The third-order valence-corrected chi connectivity index (χ3v) is 5.91. The van der Waals surface area contributed by atoms with Gasteiger partial charge in [0, 0.05) is 30.2 Å². The van der Waals surface area contributed by atoms with Gasteiger partial charge in [-0.2, -0.15) is 0 Å². The Labute approximate surface area is 167 Å². The first-order valence-electron chi connectivity index (χ1n) is 10.4. The van der Waals surface area contributed by atoms with Crippen LogP contribution in [0.15, 0.2) is 60.8 Å². The van der Waals surface area contributed by atoms with E-state index in [2.05, 4.69) is 77.7 Å². The molecule has 0 spiro atoms. The van der Waals surface area contributed by atoms with E-state index >= 15 is 0 Å². The molecule has 2 N–H and O–H groups in total. The fraction of sp³-hybridized carbons (Fsp3) is 0.360. The fourth-order valence-corrected chi connectivity index (χ4v) is 4.20. The number of nitrogens with one attached hydrogen (secondary N) is 1. The van der Waals surface area contributed by atoms with Gasteiger partial charge in [0.15, 0.2) is 0 Å². The van der Waals surface area contributed by atoms with Crippen LogP contribution in [0.1, 0.15) is 42.4 Å². The highest BCUT2D eigenvalue weighted by Crippen LogP contribution is 2.31. The van der Waals surface area contributed by atoms with Gasteiger partial charge in [0.1, 0.15) is 0 Å². The Morgan fingerprint density at radius 2 is 1.89 bits per heavy atom. The summed E-state index contributed by atoms with van der Waals surface area (Å²) >= 11 is 0. The van der Waals surface area contributed by atoms with Gasteiger partial charge >= 0.3 is 0 Å². The SMILES string of the molecule is CN(CCc1c[nH]c2ccc(/C=C/C3(O)CCCC3)cc12)Cc1ccccc1. The van der Waals surface area contributed by atoms with Crippen LogP contribution in [0.3, 0.4) is 0 Å². The zero-order chi connectivity index (χ0) is 19.4. The van der Waals surface area contributed by atoms with Gasteiger partial charge in [0.05, 0.1) is 5.60 Å². The number of likely N-dealkylation sites (N-methyl/N-ethyl adjacent to an activating group) is 1. The molecule has 1 heterocycles. The van der Waals surface area contributed by atoms with E-state index in [4.69, 9.17) is 0 Å². The van der Waals surface area contributed by atoms with E-state index in [1.807, 2.05) is 6.08 Å². The summed E-state index contributed by atoms with van der Waals surface area (Å²) in [6.07, 6.45) is 11.3. The smallest absolute Gasteiger partial charge is 0.0830 e. The van der Waals surface area contributed by atoms with Crippen LogP contribution < -0.4 is 0 Å². The lowest BCUT2D eigenvalue weighted by molar-refractivity contribution is 0.100. The third kappa shape index (κ3) is 4.54. The van der Waals surface area contributed by atoms with E-state index in [-0.39, 0.29) is 0 Å². The van der Waals surface area contributed by atoms with Crippen LogP contribution in [0.5, 0.6) is 0 Å². The van der Waals surface area contributed by atoms with Crippen molar-refractivity contribution < 1.29 is 5.11 Å². The number of aromatic nitrogens is 1. The van der Waals surface area contributed by atoms with E-state index in [1.54, 1.807) is 0 Å². The van der Waals surface area contributed by atoms with Crippen molar-refractivity contribution in [3.63, 3.8) is 0 Å². The van der Waals surface area contributed by atoms with Crippen LogP contribution in [-0.2, 0) is 13.0 Å². The van der Waals surface area contributed by atoms with Gasteiger partial charge in [0.2, 0.25) is 0 Å². The summed E-state index contributed by atoms with van der Waals surface area (Å²) < 4.78 is 0. The van der Waals surface area contributed by atoms with Crippen LogP contribution >= 0.6 is 0 Å². The first kappa shape index (κ1) is 19.0. The second-order valence-corrected chi connectivity index (χ2v) is 8.24. The molecule has 3 heteroatoms. The number of fused-ring (bicyclic) bond motifs is 1. The van der Waals surface area contributed by atoms with Crippen LogP contribution in [0.25, 0.3) is 17.0 Å². The molecule has 28 heavy (non-hydrogen) atoms. The van der Waals surface area contributed by atoms with E-state index in [9.17, 15) is 5.11 Å². The monoisotopic (exact) mass is 374 g/mol. The molecule has 0 saturated heterocycles. The Balaban J connectivity index is 1.43. The van der Waals surface area contributed by atoms with Gasteiger partial charge in [-0.05, 0) is 55.1 Å². The number of aromatic amines is 1. The second kappa shape index (κ2) is 8.34. The van der Waals surface area contributed by atoms with Crippen LogP contribution in [0, 0.1) is 0 Å². The highest BCUT2D eigenvalue weighted by Gasteiger charge is 2.27. The summed E-state index contributed by atoms with van der Waals surface area (Å²) in [5.41, 5.74) is 4.44. The molecule has 3 aromatic rings. The molecule has 1 saturated carbocycles. The number of rotatable bonds is 7. The summed E-state index contributed by atoms with van der Waals surface area (Å²) in [4.78, 5) is 5.77. The molecule has 0 radical (unpaired) electrons. The highest BCUT2D eigenvalue weighted by atomic mass is 16.3. The summed E-state index contributed by atoms with van der Waals surface area (Å²) in [6.45, 7) is 1.98. The molecule has 2 aromatic carbocycles. The Bertz CT molecular complexity index is 936. The average Bonchev–Trinajstić information content (AvgIpc) is 3.32. The molecular weight excluding hydrogens is 344 g/mol. The number of hydrogen-bond donors (Lipinski definition) is 2. The topological polar surface area (TPSA) is 39.3 Å². The minimum atomic E-state index is -0.601. The summed E-state index contributed by atoms with van der Waals surface area (Å²) in [5.74, 6) is 0. The quantitative estimate of drug-likeness (QED) is 0.599. The van der Waals surface area contributed by atoms with Gasteiger partial charge in [0.25, 0.3) is 0 Å². The second-order valence-electron chi connectivity index (χ2n) is 8.24. The molecule has 0 aliphatic heterocycles. The van der Waals surface area contributed by atoms with Gasteiger partial charge in [-0.25, -0.2) is 0 Å². The van der Waals surface area contributed by atoms with Crippen molar-refractivity contribution in [2.24, 2.45) is 0 Å². The van der Waals surface area contributed by atoms with Crippen molar-refractivity contribution in [3.8, 4) is 0 Å². The average molecular weight is 375 g/mol. The van der Waals surface area contributed by atoms with Crippen molar-refractivity contribution in [3.05, 3.63) is 77.5 Å². The maximum atomic E-state index is 10.5. The molecule has 1 aromatic heterocycles. The summed E-state index contributed by atoms with van der Waals surface area (Å²) in [6, 6.07) is 17.1. The number of hydrogen-bond acceptors (Lipinski definition) is 2. The number of nitrogens with zero attached hydrogens (tertiary/aromatic N) is 1. The molecule has 146 valence electrons. The summed E-state index contributed by atoms with van der Waals surface area (Å²) in [5, 5.41) is 11.8. The first-order chi connectivity index (χ1) is 13.6. The number of aliphatic hydroxyl groups is 1. The third-order valence-electron chi connectivity index (χ3n) is 5.91. The van der Waals surface area contributed by atoms with Crippen molar-refractivity contribution in [2.75, 3.05) is 13.6 Å². The molecular formula is C25H30N2O. The largest absolute Gasteiger partial charge is 0.386 e. The Morgan fingerprint density at radius 1 is 1.11 bits per heavy atom. The molecule has 1 aliphatic rings. The Kier molecular flexibility index (Phi) is 5.65. The molecule has 0 atom stereocenters. The molecule has 0 amide bonds. The zero-order valence-corrected chi connectivity index (χ0v) is 16.7. The number of H-pyrrole nitrogens is 1. The Morgan fingerprint density at radius 3 is 2.68 bits per heavy atom. The van der Waals surface area contributed by atoms with Gasteiger partial charge in [-0.3, -0.25) is 0 Å². The Hall–Kier alpha value is -2.36. The van der Waals surface area contributed by atoms with E-state index in [1.165, 1.54) is 22.0 Å². The predicted octanol–water partition coefficient (Wildman–Crippen LogP) is 5.16. The highest BCUT2D eigenvalue weighted by molar-refractivity contribution is 5.85. The lowest BCUT2D eigenvalue weighted by atomic mass is 10.00. The van der Waals surface area contributed by atoms with Crippen molar-refractivity contribution in [1.82, 2.24) is 9.88 Å². The van der Waals surface area contributed by atoms with Crippen molar-refractivity contribution >= 4 is 17.0 Å². The minimum Gasteiger partial charge on any atom is -0.386 e. The van der Waals surface area contributed by atoms with Gasteiger partial charge in [-0.15, -0.1) is 0 Å². The van der Waals surface area contributed by atoms with E-state index in [0.717, 1.165) is 50.8 Å². The molecule has 3 nitrogen and oxygen atoms in total. The normalized spacial score (nSPS) is 16.5. The lowest BCUT2D eigenvalue weighted by Gasteiger charge is -2.16. The maximum Gasteiger partial charge on any atom is 0.0830 e. The maximum absolute atomic E-state index is 10.5. The minimum absolute atomic E-state index is 0.601. The number of benzene rings is 2. The molecule has 0 bridgehead atoms. The molecule has 1 fully saturated rings. The predicted molar refractivity (Wildman–Crippen MR) is 117 cm³/mol. The first-order valence-corrected chi connectivity index (χ1v) is 10.4. The molecule has 4 rings (SSSR count). The summed E-state index contributed by atoms with van der Waals surface area (Å²) in [7, 11) is 2.18. The van der Waals surface area contributed by atoms with Crippen LogP contribution in [0.2, 0.25) is 0 Å². The van der Waals surface area contributed by atoms with Crippen molar-refractivity contribution in [2.45, 2.75) is 44.2 Å². The lowest BCUT2D eigenvalue weighted by Crippen LogP contribution is -2.20. The van der Waals surface area contributed by atoms with Crippen LogP contribution in [-0.4, -0.2) is 34.2 Å². The fourth-order valence-electron chi connectivity index (χ4n) is 4.20. The molecule has 1 aliphatic carbocycles. The molecule has 0 unspecified atom stereocenters. The standard InChI is InChI=1S/C25H30N2O/c1-27(19-21-7-3-2-4-8-21)16-12-22-18-26-24-10-9-20(17-23(22)24)11-15-25(28)13-5-6-14-25/h2-4,7-11,15,17-18,26,28H,5-6,12-14,16,19H2,1H3/b15-11+. The van der Waals surface area contributed by atoms with Crippen molar-refractivity contribution in [1.29, 1.82) is 0 Å². The zero-order valence-electron chi connectivity index (χ0n) is 16.7. The van der Waals surface area contributed by atoms with E-state index in [0.29, 0.717) is 0 Å².